The van der Waals surface area contributed by atoms with Crippen molar-refractivity contribution in [1.29, 1.82) is 0 Å². The first-order chi connectivity index (χ1) is 9.71. The Morgan fingerprint density at radius 3 is 2.40 bits per heavy atom. The SMILES string of the molecule is CNc1cnc(CN(C)Cc2ccc(OC)cc2)cn1. The zero-order chi connectivity index (χ0) is 14.4. The molecule has 0 saturated heterocycles. The number of anilines is 1. The minimum atomic E-state index is 0.767. The summed E-state index contributed by atoms with van der Waals surface area (Å²) in [6.45, 7) is 1.63. The molecule has 0 unspecified atom stereocenters. The lowest BCUT2D eigenvalue weighted by Gasteiger charge is -2.16. The molecule has 1 aromatic heterocycles. The average molecular weight is 272 g/mol. The van der Waals surface area contributed by atoms with E-state index in [2.05, 4.69) is 39.4 Å². The molecule has 20 heavy (non-hydrogen) atoms. The van der Waals surface area contributed by atoms with Gasteiger partial charge in [0.1, 0.15) is 11.6 Å². The van der Waals surface area contributed by atoms with Crippen LogP contribution in [0.3, 0.4) is 0 Å². The number of nitrogens with one attached hydrogen (secondary N) is 1. The lowest BCUT2D eigenvalue weighted by molar-refractivity contribution is 0.314. The molecule has 0 fully saturated rings. The minimum absolute atomic E-state index is 0.767. The van der Waals surface area contributed by atoms with E-state index in [1.807, 2.05) is 19.2 Å². The summed E-state index contributed by atoms with van der Waals surface area (Å²) in [7, 11) is 5.58. The van der Waals surface area contributed by atoms with Crippen molar-refractivity contribution >= 4 is 5.82 Å². The molecule has 106 valence electrons. The Hall–Kier alpha value is -2.14. The van der Waals surface area contributed by atoms with Gasteiger partial charge in [0, 0.05) is 20.1 Å². The first-order valence-electron chi connectivity index (χ1n) is 6.51. The molecular weight excluding hydrogens is 252 g/mol. The maximum absolute atomic E-state index is 5.15. The number of ether oxygens (including phenoxy) is 1. The van der Waals surface area contributed by atoms with Gasteiger partial charge in [-0.15, -0.1) is 0 Å². The number of aromatic nitrogens is 2. The molecule has 0 saturated carbocycles. The summed E-state index contributed by atoms with van der Waals surface area (Å²) in [5, 5.41) is 2.96. The van der Waals surface area contributed by atoms with Crippen LogP contribution in [0.4, 0.5) is 5.82 Å². The molecular formula is C15H20N4O. The molecule has 1 N–H and O–H groups in total. The van der Waals surface area contributed by atoms with E-state index in [9.17, 15) is 0 Å². The number of hydrogen-bond donors (Lipinski definition) is 1. The third-order valence-corrected chi connectivity index (χ3v) is 3.00. The van der Waals surface area contributed by atoms with E-state index in [-0.39, 0.29) is 0 Å². The quantitative estimate of drug-likeness (QED) is 0.873. The van der Waals surface area contributed by atoms with Crippen molar-refractivity contribution in [3.8, 4) is 5.75 Å². The predicted octanol–water partition coefficient (Wildman–Crippen LogP) is 2.16. The summed E-state index contributed by atoms with van der Waals surface area (Å²) in [6, 6.07) is 8.10. The van der Waals surface area contributed by atoms with E-state index in [0.717, 1.165) is 30.4 Å². The molecule has 0 aliphatic carbocycles. The van der Waals surface area contributed by atoms with Crippen molar-refractivity contribution in [3.05, 3.63) is 47.9 Å². The van der Waals surface area contributed by atoms with Crippen LogP contribution >= 0.6 is 0 Å². The predicted molar refractivity (Wildman–Crippen MR) is 79.7 cm³/mol. The third-order valence-electron chi connectivity index (χ3n) is 3.00. The van der Waals surface area contributed by atoms with Crippen molar-refractivity contribution < 1.29 is 4.74 Å². The van der Waals surface area contributed by atoms with Gasteiger partial charge in [0.2, 0.25) is 0 Å². The third kappa shape index (κ3) is 3.93. The van der Waals surface area contributed by atoms with E-state index in [0.29, 0.717) is 0 Å². The van der Waals surface area contributed by atoms with E-state index in [1.54, 1.807) is 19.5 Å². The maximum atomic E-state index is 5.15. The number of benzene rings is 1. The van der Waals surface area contributed by atoms with E-state index in [1.165, 1.54) is 5.56 Å². The molecule has 2 rings (SSSR count). The number of nitrogens with zero attached hydrogens (tertiary/aromatic N) is 3. The van der Waals surface area contributed by atoms with Crippen LogP contribution in [0.15, 0.2) is 36.7 Å². The second-order valence-electron chi connectivity index (χ2n) is 4.66. The largest absolute Gasteiger partial charge is 0.497 e. The Bertz CT molecular complexity index is 475. The van der Waals surface area contributed by atoms with Crippen molar-refractivity contribution in [1.82, 2.24) is 14.9 Å². The second kappa shape index (κ2) is 6.86. The number of methoxy groups -OCH3 is 1. The van der Waals surface area contributed by atoms with E-state index >= 15 is 0 Å². The Morgan fingerprint density at radius 2 is 1.85 bits per heavy atom. The molecule has 5 heteroatoms. The van der Waals surface area contributed by atoms with Crippen LogP contribution in [0, 0.1) is 0 Å². The number of rotatable bonds is 6. The highest BCUT2D eigenvalue weighted by molar-refractivity contribution is 5.29. The van der Waals surface area contributed by atoms with Crippen LogP contribution in [0.25, 0.3) is 0 Å². The lowest BCUT2D eigenvalue weighted by atomic mass is 10.2. The zero-order valence-electron chi connectivity index (χ0n) is 12.1. The normalized spacial score (nSPS) is 10.6. The van der Waals surface area contributed by atoms with Crippen molar-refractivity contribution in [2.24, 2.45) is 0 Å². The molecule has 0 spiro atoms. The van der Waals surface area contributed by atoms with Gasteiger partial charge in [0.05, 0.1) is 25.2 Å². The van der Waals surface area contributed by atoms with Crippen LogP contribution in [-0.2, 0) is 13.1 Å². The first-order valence-corrected chi connectivity index (χ1v) is 6.51. The topological polar surface area (TPSA) is 50.3 Å². The van der Waals surface area contributed by atoms with Crippen LogP contribution in [0.2, 0.25) is 0 Å². The Labute approximate surface area is 119 Å². The van der Waals surface area contributed by atoms with Gasteiger partial charge in [-0.25, -0.2) is 4.98 Å². The molecule has 0 aliphatic heterocycles. The molecule has 0 radical (unpaired) electrons. The monoisotopic (exact) mass is 272 g/mol. The molecule has 0 bridgehead atoms. The van der Waals surface area contributed by atoms with Crippen LogP contribution in [0.1, 0.15) is 11.3 Å². The molecule has 5 nitrogen and oxygen atoms in total. The fourth-order valence-electron chi connectivity index (χ4n) is 1.94. The smallest absolute Gasteiger partial charge is 0.144 e. The van der Waals surface area contributed by atoms with Gasteiger partial charge in [-0.1, -0.05) is 12.1 Å². The average Bonchev–Trinajstić information content (AvgIpc) is 2.49. The standard InChI is InChI=1S/C15H20N4O/c1-16-15-9-17-13(8-18-15)11-19(2)10-12-4-6-14(20-3)7-5-12/h4-9H,10-11H2,1-3H3,(H,16,18). The highest BCUT2D eigenvalue weighted by atomic mass is 16.5. The van der Waals surface area contributed by atoms with Gasteiger partial charge >= 0.3 is 0 Å². The molecule has 1 aromatic carbocycles. The van der Waals surface area contributed by atoms with Crippen LogP contribution in [0.5, 0.6) is 5.75 Å². The van der Waals surface area contributed by atoms with Gasteiger partial charge in [0.25, 0.3) is 0 Å². The highest BCUT2D eigenvalue weighted by Crippen LogP contribution is 2.13. The second-order valence-corrected chi connectivity index (χ2v) is 4.66. The Kier molecular flexibility index (Phi) is 4.90. The van der Waals surface area contributed by atoms with E-state index < -0.39 is 0 Å². The fraction of sp³-hybridized carbons (Fsp3) is 0.333. The van der Waals surface area contributed by atoms with E-state index in [4.69, 9.17) is 4.74 Å². The summed E-state index contributed by atoms with van der Waals surface area (Å²) >= 11 is 0. The fourth-order valence-corrected chi connectivity index (χ4v) is 1.94. The highest BCUT2D eigenvalue weighted by Gasteiger charge is 2.04. The Balaban J connectivity index is 1.91. The number of hydrogen-bond acceptors (Lipinski definition) is 5. The van der Waals surface area contributed by atoms with Gasteiger partial charge in [0.15, 0.2) is 0 Å². The van der Waals surface area contributed by atoms with Crippen LogP contribution < -0.4 is 10.1 Å². The van der Waals surface area contributed by atoms with Gasteiger partial charge in [-0.05, 0) is 24.7 Å². The first kappa shape index (κ1) is 14.3. The minimum Gasteiger partial charge on any atom is -0.497 e. The lowest BCUT2D eigenvalue weighted by Crippen LogP contribution is -2.18. The Morgan fingerprint density at radius 1 is 1.10 bits per heavy atom. The van der Waals surface area contributed by atoms with Gasteiger partial charge in [-0.2, -0.15) is 0 Å². The summed E-state index contributed by atoms with van der Waals surface area (Å²) in [5.41, 5.74) is 2.20. The van der Waals surface area contributed by atoms with Crippen molar-refractivity contribution in [2.75, 3.05) is 26.5 Å². The molecule has 0 aliphatic rings. The van der Waals surface area contributed by atoms with Crippen molar-refractivity contribution in [2.45, 2.75) is 13.1 Å². The summed E-state index contributed by atoms with van der Waals surface area (Å²) < 4.78 is 5.15. The summed E-state index contributed by atoms with van der Waals surface area (Å²) in [4.78, 5) is 10.8. The van der Waals surface area contributed by atoms with Gasteiger partial charge in [-0.3, -0.25) is 9.88 Å². The summed E-state index contributed by atoms with van der Waals surface area (Å²) in [5.74, 6) is 1.66. The molecule has 2 aromatic rings. The van der Waals surface area contributed by atoms with Crippen LogP contribution in [-0.4, -0.2) is 36.1 Å². The van der Waals surface area contributed by atoms with Crippen molar-refractivity contribution in [3.63, 3.8) is 0 Å². The van der Waals surface area contributed by atoms with Gasteiger partial charge < -0.3 is 10.1 Å². The molecule has 0 atom stereocenters. The molecule has 1 heterocycles. The summed E-state index contributed by atoms with van der Waals surface area (Å²) in [6.07, 6.45) is 3.55. The molecule has 0 amide bonds. The maximum Gasteiger partial charge on any atom is 0.144 e. The zero-order valence-corrected chi connectivity index (χ0v) is 12.1.